The van der Waals surface area contributed by atoms with Crippen molar-refractivity contribution in [3.8, 4) is 0 Å². The molecule has 0 aromatic heterocycles. The predicted octanol–water partition coefficient (Wildman–Crippen LogP) is 5.13. The van der Waals surface area contributed by atoms with Crippen LogP contribution >= 0.6 is 34.8 Å². The Kier molecular flexibility index (Phi) is 8.17. The highest BCUT2D eigenvalue weighted by molar-refractivity contribution is 6.43. The van der Waals surface area contributed by atoms with E-state index < -0.39 is 0 Å². The van der Waals surface area contributed by atoms with Crippen LogP contribution in [0.3, 0.4) is 0 Å². The molecule has 1 amide bonds. The van der Waals surface area contributed by atoms with Crippen molar-refractivity contribution < 1.29 is 14.3 Å². The lowest BCUT2D eigenvalue weighted by Crippen LogP contribution is -2.19. The Hall–Kier alpha value is -0.970. The highest BCUT2D eigenvalue weighted by Crippen LogP contribution is 2.39. The molecule has 0 radical (unpaired) electrons. The largest absolute Gasteiger partial charge is 0.469 e. The molecule has 0 aliphatic carbocycles. The summed E-state index contributed by atoms with van der Waals surface area (Å²) in [5.74, 6) is -0.869. The summed E-state index contributed by atoms with van der Waals surface area (Å²) in [4.78, 5) is 23.6. The van der Waals surface area contributed by atoms with E-state index in [1.54, 1.807) is 0 Å². The van der Waals surface area contributed by atoms with Gasteiger partial charge in [0.05, 0.1) is 28.8 Å². The summed E-state index contributed by atoms with van der Waals surface area (Å²) < 4.78 is 4.78. The third-order valence-electron chi connectivity index (χ3n) is 3.48. The van der Waals surface area contributed by atoms with Gasteiger partial charge in [-0.2, -0.15) is 0 Å². The van der Waals surface area contributed by atoms with Crippen molar-refractivity contribution in [1.82, 2.24) is 0 Å². The number of benzene rings is 1. The topological polar surface area (TPSA) is 55.4 Å². The maximum atomic E-state index is 11.8. The zero-order chi connectivity index (χ0) is 17.6. The van der Waals surface area contributed by atoms with Gasteiger partial charge in [-0.15, -0.1) is 0 Å². The number of halogens is 3. The Balaban J connectivity index is 3.17. The molecular weight excluding hydrogens is 361 g/mol. The highest BCUT2D eigenvalue weighted by atomic mass is 35.5. The molecule has 1 unspecified atom stereocenters. The summed E-state index contributed by atoms with van der Waals surface area (Å²) in [5.41, 5.74) is 0.896. The smallest absolute Gasteiger partial charge is 0.308 e. The first-order valence-electron chi connectivity index (χ1n) is 7.39. The number of hydrogen-bond acceptors (Lipinski definition) is 3. The maximum absolute atomic E-state index is 11.8. The molecule has 1 atom stereocenters. The molecular formula is C16H20Cl3NO3. The number of amides is 1. The maximum Gasteiger partial charge on any atom is 0.308 e. The van der Waals surface area contributed by atoms with Crippen LogP contribution in [0.2, 0.25) is 15.1 Å². The average molecular weight is 381 g/mol. The molecule has 0 spiro atoms. The molecule has 23 heavy (non-hydrogen) atoms. The van der Waals surface area contributed by atoms with Gasteiger partial charge in [-0.3, -0.25) is 9.59 Å². The molecule has 1 N–H and O–H groups in total. The number of carbonyl (C=O) groups excluding carboxylic acids is 2. The normalized spacial score (nSPS) is 11.9. The van der Waals surface area contributed by atoms with Crippen LogP contribution in [0.4, 0.5) is 5.69 Å². The fourth-order valence-corrected chi connectivity index (χ4v) is 3.18. The van der Waals surface area contributed by atoms with Gasteiger partial charge in [0, 0.05) is 11.4 Å². The molecule has 0 heterocycles. The molecule has 4 nitrogen and oxygen atoms in total. The van der Waals surface area contributed by atoms with Crippen LogP contribution in [-0.2, 0) is 20.7 Å². The second-order valence-corrected chi connectivity index (χ2v) is 6.33. The second kappa shape index (κ2) is 9.36. The summed E-state index contributed by atoms with van der Waals surface area (Å²) in [5, 5.41) is 3.58. The quantitative estimate of drug-likeness (QED) is 0.667. The number of nitrogens with one attached hydrogen (secondary N) is 1. The van der Waals surface area contributed by atoms with Gasteiger partial charge in [0.25, 0.3) is 0 Å². The van der Waals surface area contributed by atoms with Crippen molar-refractivity contribution in [1.29, 1.82) is 0 Å². The van der Waals surface area contributed by atoms with Crippen LogP contribution in [0, 0.1) is 5.92 Å². The van der Waals surface area contributed by atoms with Crippen molar-refractivity contribution in [2.75, 3.05) is 12.4 Å². The van der Waals surface area contributed by atoms with Gasteiger partial charge >= 0.3 is 5.97 Å². The van der Waals surface area contributed by atoms with Gasteiger partial charge in [0.15, 0.2) is 0 Å². The van der Waals surface area contributed by atoms with Crippen LogP contribution in [0.5, 0.6) is 0 Å². The van der Waals surface area contributed by atoms with Gasteiger partial charge in [0.1, 0.15) is 0 Å². The minimum atomic E-state index is -0.365. The van der Waals surface area contributed by atoms with Crippen LogP contribution in [0.1, 0.15) is 38.7 Å². The van der Waals surface area contributed by atoms with E-state index >= 15 is 0 Å². The highest BCUT2D eigenvalue weighted by Gasteiger charge is 2.23. The summed E-state index contributed by atoms with van der Waals surface area (Å²) in [6.45, 7) is 3.78. The monoisotopic (exact) mass is 379 g/mol. The molecule has 7 heteroatoms. The molecule has 1 aromatic carbocycles. The third kappa shape index (κ3) is 5.27. The number of carbonyl (C=O) groups is 2. The van der Waals surface area contributed by atoms with Crippen molar-refractivity contribution in [3.63, 3.8) is 0 Å². The van der Waals surface area contributed by atoms with Gasteiger partial charge in [-0.1, -0.05) is 48.7 Å². The van der Waals surface area contributed by atoms with E-state index in [1.165, 1.54) is 13.2 Å². The van der Waals surface area contributed by atoms with Gasteiger partial charge in [0.2, 0.25) is 5.91 Å². The lowest BCUT2D eigenvalue weighted by molar-refractivity contribution is -0.145. The fraction of sp³-hybridized carbons (Fsp3) is 0.500. The Morgan fingerprint density at radius 3 is 2.39 bits per heavy atom. The van der Waals surface area contributed by atoms with Crippen LogP contribution in [-0.4, -0.2) is 19.0 Å². The fourth-order valence-electron chi connectivity index (χ4n) is 2.17. The van der Waals surface area contributed by atoms with E-state index in [0.29, 0.717) is 42.0 Å². The Morgan fingerprint density at radius 2 is 1.87 bits per heavy atom. The average Bonchev–Trinajstić information content (AvgIpc) is 2.51. The van der Waals surface area contributed by atoms with Crippen LogP contribution < -0.4 is 5.32 Å². The molecule has 0 saturated heterocycles. The molecule has 0 aliphatic heterocycles. The lowest BCUT2D eigenvalue weighted by Gasteiger charge is -2.18. The molecule has 1 rings (SSSR count). The number of anilines is 1. The van der Waals surface area contributed by atoms with Crippen molar-refractivity contribution in [3.05, 3.63) is 26.7 Å². The molecule has 128 valence electrons. The number of esters is 1. The molecule has 0 fully saturated rings. The molecule has 1 aromatic rings. The predicted molar refractivity (Wildman–Crippen MR) is 94.5 cm³/mol. The van der Waals surface area contributed by atoms with Crippen LogP contribution in [0.25, 0.3) is 0 Å². The first-order chi connectivity index (χ1) is 10.8. The minimum Gasteiger partial charge on any atom is -0.469 e. The molecule has 0 saturated carbocycles. The zero-order valence-corrected chi connectivity index (χ0v) is 15.6. The third-order valence-corrected chi connectivity index (χ3v) is 4.54. The van der Waals surface area contributed by atoms with Gasteiger partial charge in [-0.05, 0) is 30.9 Å². The number of rotatable bonds is 7. The number of ether oxygens (including phenoxy) is 1. The molecule has 0 aliphatic rings. The summed E-state index contributed by atoms with van der Waals surface area (Å²) in [6.07, 6.45) is 1.97. The van der Waals surface area contributed by atoms with Crippen molar-refractivity contribution >= 4 is 52.4 Å². The van der Waals surface area contributed by atoms with E-state index in [9.17, 15) is 9.59 Å². The Labute approximate surface area is 151 Å². The Morgan fingerprint density at radius 1 is 1.22 bits per heavy atom. The summed E-state index contributed by atoms with van der Waals surface area (Å²) in [6, 6.07) is 1.52. The minimum absolute atomic E-state index is 0.176. The summed E-state index contributed by atoms with van der Waals surface area (Å²) in [7, 11) is 1.34. The second-order valence-electron chi connectivity index (χ2n) is 5.14. The van der Waals surface area contributed by atoms with E-state index in [-0.39, 0.29) is 27.8 Å². The first-order valence-corrected chi connectivity index (χ1v) is 8.53. The van der Waals surface area contributed by atoms with E-state index in [4.69, 9.17) is 39.5 Å². The van der Waals surface area contributed by atoms with Gasteiger partial charge < -0.3 is 10.1 Å². The SMILES string of the molecule is CCCC(=O)Nc1c(Cl)cc(Cl)c(CC(CC)C(=O)OC)c1Cl. The molecule has 0 bridgehead atoms. The van der Waals surface area contributed by atoms with E-state index in [2.05, 4.69) is 5.32 Å². The van der Waals surface area contributed by atoms with E-state index in [1.807, 2.05) is 13.8 Å². The zero-order valence-electron chi connectivity index (χ0n) is 13.3. The lowest BCUT2D eigenvalue weighted by atomic mass is 9.96. The standard InChI is InChI=1S/C16H20Cl3NO3/c1-4-6-13(21)20-15-12(18)8-11(17)10(14(15)19)7-9(5-2)16(22)23-3/h8-9H,4-7H2,1-3H3,(H,20,21). The Bertz CT molecular complexity index is 590. The number of methoxy groups -OCH3 is 1. The number of hydrogen-bond donors (Lipinski definition) is 1. The van der Waals surface area contributed by atoms with Crippen molar-refractivity contribution in [2.24, 2.45) is 5.92 Å². The van der Waals surface area contributed by atoms with E-state index in [0.717, 1.165) is 0 Å². The summed E-state index contributed by atoms with van der Waals surface area (Å²) >= 11 is 18.7. The van der Waals surface area contributed by atoms with Crippen molar-refractivity contribution in [2.45, 2.75) is 39.5 Å². The van der Waals surface area contributed by atoms with Gasteiger partial charge in [-0.25, -0.2) is 0 Å². The first kappa shape index (κ1) is 20.1. The van der Waals surface area contributed by atoms with Crippen LogP contribution in [0.15, 0.2) is 6.07 Å².